The van der Waals surface area contributed by atoms with Gasteiger partial charge in [-0.25, -0.2) is 0 Å². The first-order valence-corrected chi connectivity index (χ1v) is 5.29. The molecule has 1 aromatic carbocycles. The molecule has 2 heteroatoms. The number of rotatable bonds is 5. The number of hydrogen-bond acceptors (Lipinski definition) is 2. The van der Waals surface area contributed by atoms with E-state index in [1.54, 1.807) is 0 Å². The van der Waals surface area contributed by atoms with E-state index in [1.807, 2.05) is 18.2 Å². The lowest BCUT2D eigenvalue weighted by atomic mass is 10.1. The summed E-state index contributed by atoms with van der Waals surface area (Å²) >= 11 is 0. The van der Waals surface area contributed by atoms with E-state index in [4.69, 9.17) is 10.5 Å². The van der Waals surface area contributed by atoms with Crippen molar-refractivity contribution >= 4 is 5.69 Å². The van der Waals surface area contributed by atoms with Crippen LogP contribution in [0.4, 0.5) is 5.69 Å². The average molecular weight is 193 g/mol. The molecule has 0 amide bonds. The van der Waals surface area contributed by atoms with Crippen LogP contribution in [0, 0.1) is 0 Å². The molecule has 0 spiro atoms. The summed E-state index contributed by atoms with van der Waals surface area (Å²) in [7, 11) is 0. The molecular formula is C12H19NO. The van der Waals surface area contributed by atoms with E-state index in [0.717, 1.165) is 37.3 Å². The Kier molecular flexibility index (Phi) is 4.30. The molecule has 0 saturated heterocycles. The molecule has 0 fully saturated rings. The summed E-state index contributed by atoms with van der Waals surface area (Å²) in [6.45, 7) is 5.00. The van der Waals surface area contributed by atoms with E-state index in [2.05, 4.69) is 13.8 Å². The molecule has 2 nitrogen and oxygen atoms in total. The maximum Gasteiger partial charge on any atom is 0.142 e. The lowest BCUT2D eigenvalue weighted by molar-refractivity contribution is 0.311. The summed E-state index contributed by atoms with van der Waals surface area (Å²) < 4.78 is 5.59. The second-order valence-corrected chi connectivity index (χ2v) is 3.38. The molecule has 0 aromatic heterocycles. The standard InChI is InChI=1S/C12H19NO/c1-3-5-9-14-11-8-6-7-10(4-2)12(11)13/h6-8H,3-5,9,13H2,1-2H3. The van der Waals surface area contributed by atoms with Gasteiger partial charge >= 0.3 is 0 Å². The predicted octanol–water partition coefficient (Wildman–Crippen LogP) is 3.01. The molecule has 0 saturated carbocycles. The number of benzene rings is 1. The fraction of sp³-hybridized carbons (Fsp3) is 0.500. The maximum absolute atomic E-state index is 5.95. The van der Waals surface area contributed by atoms with Gasteiger partial charge in [-0.15, -0.1) is 0 Å². The van der Waals surface area contributed by atoms with Crippen LogP contribution in [-0.2, 0) is 6.42 Å². The largest absolute Gasteiger partial charge is 0.491 e. The monoisotopic (exact) mass is 193 g/mol. The summed E-state index contributed by atoms with van der Waals surface area (Å²) in [5.74, 6) is 0.831. The average Bonchev–Trinajstić information content (AvgIpc) is 2.21. The Bertz CT molecular complexity index is 284. The van der Waals surface area contributed by atoms with Crippen molar-refractivity contribution in [2.24, 2.45) is 0 Å². The molecule has 0 bridgehead atoms. The van der Waals surface area contributed by atoms with Crippen molar-refractivity contribution in [3.63, 3.8) is 0 Å². The predicted molar refractivity (Wildman–Crippen MR) is 60.6 cm³/mol. The maximum atomic E-state index is 5.95. The highest BCUT2D eigenvalue weighted by Gasteiger charge is 2.03. The molecule has 0 aliphatic rings. The van der Waals surface area contributed by atoms with E-state index in [-0.39, 0.29) is 0 Å². The van der Waals surface area contributed by atoms with Crippen molar-refractivity contribution in [2.45, 2.75) is 33.1 Å². The van der Waals surface area contributed by atoms with Crippen LogP contribution in [0.15, 0.2) is 18.2 Å². The van der Waals surface area contributed by atoms with Crippen LogP contribution >= 0.6 is 0 Å². The van der Waals surface area contributed by atoms with Crippen LogP contribution in [-0.4, -0.2) is 6.61 Å². The normalized spacial score (nSPS) is 10.1. The van der Waals surface area contributed by atoms with Crippen LogP contribution in [0.25, 0.3) is 0 Å². The molecule has 1 aromatic rings. The van der Waals surface area contributed by atoms with Gasteiger partial charge in [0.1, 0.15) is 5.75 Å². The number of para-hydroxylation sites is 1. The molecule has 1 rings (SSSR count). The first kappa shape index (κ1) is 10.9. The third kappa shape index (κ3) is 2.66. The Hall–Kier alpha value is -1.18. The second-order valence-electron chi connectivity index (χ2n) is 3.38. The van der Waals surface area contributed by atoms with Gasteiger partial charge in [-0.05, 0) is 24.5 Å². The molecule has 0 aliphatic carbocycles. The zero-order valence-electron chi connectivity index (χ0n) is 9.05. The quantitative estimate of drug-likeness (QED) is 0.576. The van der Waals surface area contributed by atoms with Crippen LogP contribution in [0.1, 0.15) is 32.3 Å². The number of nitrogens with two attached hydrogens (primary N) is 1. The van der Waals surface area contributed by atoms with Crippen LogP contribution in [0.2, 0.25) is 0 Å². The lowest BCUT2D eigenvalue weighted by Gasteiger charge is -2.10. The zero-order valence-corrected chi connectivity index (χ0v) is 9.05. The van der Waals surface area contributed by atoms with E-state index in [1.165, 1.54) is 5.56 Å². The second kappa shape index (κ2) is 5.53. The van der Waals surface area contributed by atoms with E-state index >= 15 is 0 Å². The molecule has 0 aliphatic heterocycles. The minimum absolute atomic E-state index is 0.758. The molecule has 0 unspecified atom stereocenters. The van der Waals surface area contributed by atoms with Gasteiger partial charge in [-0.2, -0.15) is 0 Å². The smallest absolute Gasteiger partial charge is 0.142 e. The van der Waals surface area contributed by atoms with Crippen LogP contribution < -0.4 is 10.5 Å². The van der Waals surface area contributed by atoms with Gasteiger partial charge in [0.2, 0.25) is 0 Å². The molecule has 14 heavy (non-hydrogen) atoms. The Morgan fingerprint density at radius 3 is 2.71 bits per heavy atom. The highest BCUT2D eigenvalue weighted by atomic mass is 16.5. The number of nitrogen functional groups attached to an aromatic ring is 1. The summed E-state index contributed by atoms with van der Waals surface area (Å²) in [4.78, 5) is 0. The van der Waals surface area contributed by atoms with Crippen molar-refractivity contribution in [3.05, 3.63) is 23.8 Å². The van der Waals surface area contributed by atoms with Gasteiger partial charge in [0.15, 0.2) is 0 Å². The van der Waals surface area contributed by atoms with Crippen molar-refractivity contribution in [1.29, 1.82) is 0 Å². The third-order valence-electron chi connectivity index (χ3n) is 2.29. The Morgan fingerprint density at radius 2 is 2.07 bits per heavy atom. The van der Waals surface area contributed by atoms with E-state index in [0.29, 0.717) is 0 Å². The first-order valence-electron chi connectivity index (χ1n) is 5.29. The van der Waals surface area contributed by atoms with Gasteiger partial charge in [0.25, 0.3) is 0 Å². The third-order valence-corrected chi connectivity index (χ3v) is 2.29. The van der Waals surface area contributed by atoms with Gasteiger partial charge in [0, 0.05) is 0 Å². The van der Waals surface area contributed by atoms with Gasteiger partial charge in [0.05, 0.1) is 12.3 Å². The molecule has 2 N–H and O–H groups in total. The molecule has 0 heterocycles. The van der Waals surface area contributed by atoms with Crippen molar-refractivity contribution in [3.8, 4) is 5.75 Å². The zero-order chi connectivity index (χ0) is 10.4. The molecule has 0 atom stereocenters. The van der Waals surface area contributed by atoms with Crippen molar-refractivity contribution in [2.75, 3.05) is 12.3 Å². The Morgan fingerprint density at radius 1 is 1.29 bits per heavy atom. The summed E-state index contributed by atoms with van der Waals surface area (Å²) in [6.07, 6.45) is 3.18. The number of aryl methyl sites for hydroxylation is 1. The van der Waals surface area contributed by atoms with E-state index < -0.39 is 0 Å². The van der Waals surface area contributed by atoms with Crippen molar-refractivity contribution < 1.29 is 4.74 Å². The number of ether oxygens (including phenoxy) is 1. The lowest BCUT2D eigenvalue weighted by Crippen LogP contribution is -2.02. The first-order chi connectivity index (χ1) is 6.79. The number of unbranched alkanes of at least 4 members (excludes halogenated alkanes) is 1. The fourth-order valence-corrected chi connectivity index (χ4v) is 1.35. The minimum Gasteiger partial charge on any atom is -0.491 e. The summed E-state index contributed by atoms with van der Waals surface area (Å²) in [6, 6.07) is 5.97. The van der Waals surface area contributed by atoms with Crippen LogP contribution in [0.3, 0.4) is 0 Å². The molecular weight excluding hydrogens is 174 g/mol. The van der Waals surface area contributed by atoms with E-state index in [9.17, 15) is 0 Å². The number of hydrogen-bond donors (Lipinski definition) is 1. The Labute approximate surface area is 86.1 Å². The van der Waals surface area contributed by atoms with Gasteiger partial charge < -0.3 is 10.5 Å². The van der Waals surface area contributed by atoms with Gasteiger partial charge in [-0.3, -0.25) is 0 Å². The van der Waals surface area contributed by atoms with Crippen molar-refractivity contribution in [1.82, 2.24) is 0 Å². The summed E-state index contributed by atoms with van der Waals surface area (Å²) in [5.41, 5.74) is 7.91. The summed E-state index contributed by atoms with van der Waals surface area (Å²) in [5, 5.41) is 0. The highest BCUT2D eigenvalue weighted by molar-refractivity contribution is 5.58. The number of anilines is 1. The highest BCUT2D eigenvalue weighted by Crippen LogP contribution is 2.25. The fourth-order valence-electron chi connectivity index (χ4n) is 1.35. The Balaban J connectivity index is 2.66. The van der Waals surface area contributed by atoms with Gasteiger partial charge in [-0.1, -0.05) is 32.4 Å². The topological polar surface area (TPSA) is 35.2 Å². The van der Waals surface area contributed by atoms with Crippen LogP contribution in [0.5, 0.6) is 5.75 Å². The molecule has 0 radical (unpaired) electrons. The molecule has 78 valence electrons. The minimum atomic E-state index is 0.758. The SMILES string of the molecule is CCCCOc1cccc(CC)c1N.